The summed E-state index contributed by atoms with van der Waals surface area (Å²) in [5.74, 6) is 0.138. The third-order valence-corrected chi connectivity index (χ3v) is 3.79. The van der Waals surface area contributed by atoms with Crippen molar-refractivity contribution in [3.63, 3.8) is 0 Å². The van der Waals surface area contributed by atoms with E-state index in [0.29, 0.717) is 18.7 Å². The van der Waals surface area contributed by atoms with Crippen LogP contribution < -0.4 is 20.9 Å². The minimum Gasteiger partial charge on any atom is -0.494 e. The van der Waals surface area contributed by atoms with E-state index in [-0.39, 0.29) is 16.8 Å². The molecule has 2 aromatic rings. The summed E-state index contributed by atoms with van der Waals surface area (Å²) in [5, 5.41) is 3.19. The normalized spacial score (nSPS) is 10.1. The predicted molar refractivity (Wildman–Crippen MR) is 103 cm³/mol. The molecule has 0 bridgehead atoms. The highest BCUT2D eigenvalue weighted by Gasteiger charge is 2.06. The number of benzene rings is 2. The van der Waals surface area contributed by atoms with Gasteiger partial charge in [0.1, 0.15) is 11.6 Å². The minimum absolute atomic E-state index is 0.266. The van der Waals surface area contributed by atoms with E-state index in [1.54, 1.807) is 36.4 Å². The fourth-order valence-corrected chi connectivity index (χ4v) is 2.17. The molecule has 0 spiro atoms. The molecule has 138 valence electrons. The van der Waals surface area contributed by atoms with Crippen LogP contribution in [0.3, 0.4) is 0 Å². The third kappa shape index (κ3) is 6.68. The second kappa shape index (κ2) is 10.4. The first-order valence-corrected chi connectivity index (χ1v) is 8.81. The number of thiocarbonyl (C=S) groups is 1. The Hall–Kier alpha value is -2.67. The fourth-order valence-electron chi connectivity index (χ4n) is 2.05. The summed E-state index contributed by atoms with van der Waals surface area (Å²) in [6.07, 6.45) is 2.07. The van der Waals surface area contributed by atoms with E-state index >= 15 is 0 Å². The van der Waals surface area contributed by atoms with Crippen LogP contribution in [0.4, 0.5) is 4.39 Å². The van der Waals surface area contributed by atoms with Gasteiger partial charge in [-0.2, -0.15) is 0 Å². The molecular formula is C19H22FN3O2S. The van der Waals surface area contributed by atoms with Crippen molar-refractivity contribution >= 4 is 23.2 Å². The van der Waals surface area contributed by atoms with Crippen molar-refractivity contribution in [2.24, 2.45) is 0 Å². The maximum atomic E-state index is 12.8. The molecule has 1 amide bonds. The average molecular weight is 375 g/mol. The van der Waals surface area contributed by atoms with E-state index in [0.717, 1.165) is 24.2 Å². The molecule has 0 aliphatic heterocycles. The second-order valence-electron chi connectivity index (χ2n) is 5.61. The molecule has 0 aliphatic rings. The molecule has 2 rings (SSSR count). The first-order valence-electron chi connectivity index (χ1n) is 8.40. The van der Waals surface area contributed by atoms with Crippen LogP contribution in [0.2, 0.25) is 0 Å². The van der Waals surface area contributed by atoms with Crippen molar-refractivity contribution in [2.45, 2.75) is 26.3 Å². The van der Waals surface area contributed by atoms with Gasteiger partial charge in [0, 0.05) is 12.1 Å². The zero-order chi connectivity index (χ0) is 18.8. The van der Waals surface area contributed by atoms with Crippen molar-refractivity contribution in [2.75, 3.05) is 6.61 Å². The standard InChI is InChI=1S/C19H22FN3O2S/c1-2-3-12-25-17-10-6-15(7-11-17)18(24)22-23-19(26)21-13-14-4-8-16(20)9-5-14/h4-11H,2-3,12-13H2,1H3,(H,22,24)(H2,21,23,26). The summed E-state index contributed by atoms with van der Waals surface area (Å²) in [7, 11) is 0. The Balaban J connectivity index is 1.73. The highest BCUT2D eigenvalue weighted by atomic mass is 32.1. The Morgan fingerprint density at radius 1 is 1.08 bits per heavy atom. The molecule has 0 aliphatic carbocycles. The van der Waals surface area contributed by atoms with Crippen LogP contribution >= 0.6 is 12.2 Å². The van der Waals surface area contributed by atoms with Gasteiger partial charge < -0.3 is 10.1 Å². The van der Waals surface area contributed by atoms with Crippen LogP contribution in [0.15, 0.2) is 48.5 Å². The molecule has 5 nitrogen and oxygen atoms in total. The lowest BCUT2D eigenvalue weighted by molar-refractivity contribution is 0.0943. The number of carbonyl (C=O) groups excluding carboxylic acids is 1. The van der Waals surface area contributed by atoms with Crippen molar-refractivity contribution in [3.8, 4) is 5.75 Å². The topological polar surface area (TPSA) is 62.4 Å². The third-order valence-electron chi connectivity index (χ3n) is 3.54. The van der Waals surface area contributed by atoms with Crippen molar-refractivity contribution in [1.29, 1.82) is 0 Å². The van der Waals surface area contributed by atoms with Gasteiger partial charge in [0.2, 0.25) is 0 Å². The predicted octanol–water partition coefficient (Wildman–Crippen LogP) is 3.31. The van der Waals surface area contributed by atoms with E-state index in [2.05, 4.69) is 23.1 Å². The summed E-state index contributed by atoms with van der Waals surface area (Å²) < 4.78 is 18.4. The summed E-state index contributed by atoms with van der Waals surface area (Å²) in [6.45, 7) is 3.19. The number of ether oxygens (including phenoxy) is 1. The summed E-state index contributed by atoms with van der Waals surface area (Å²) >= 11 is 5.10. The number of hydrogen-bond donors (Lipinski definition) is 3. The number of nitrogens with one attached hydrogen (secondary N) is 3. The summed E-state index contributed by atoms with van der Waals surface area (Å²) in [6, 6.07) is 13.0. The number of carbonyl (C=O) groups is 1. The Morgan fingerprint density at radius 2 is 1.77 bits per heavy atom. The lowest BCUT2D eigenvalue weighted by Crippen LogP contribution is -2.46. The van der Waals surface area contributed by atoms with Gasteiger partial charge in [-0.25, -0.2) is 4.39 Å². The Morgan fingerprint density at radius 3 is 2.42 bits per heavy atom. The molecule has 3 N–H and O–H groups in total. The largest absolute Gasteiger partial charge is 0.494 e. The first kappa shape index (κ1) is 19.7. The SMILES string of the molecule is CCCCOc1ccc(C(=O)NNC(=S)NCc2ccc(F)cc2)cc1. The van der Waals surface area contributed by atoms with Gasteiger partial charge in [0.05, 0.1) is 6.61 Å². The van der Waals surface area contributed by atoms with Gasteiger partial charge in [-0.05, 0) is 60.6 Å². The zero-order valence-electron chi connectivity index (χ0n) is 14.5. The fraction of sp³-hybridized carbons (Fsp3) is 0.263. The Kier molecular flexibility index (Phi) is 7.82. The maximum absolute atomic E-state index is 12.8. The van der Waals surface area contributed by atoms with Gasteiger partial charge >= 0.3 is 0 Å². The second-order valence-corrected chi connectivity index (χ2v) is 6.02. The number of halogens is 1. The molecule has 0 atom stereocenters. The number of hydrazine groups is 1. The number of amides is 1. The average Bonchev–Trinajstić information content (AvgIpc) is 2.66. The molecule has 0 fully saturated rings. The quantitative estimate of drug-likeness (QED) is 0.394. The van der Waals surface area contributed by atoms with E-state index in [4.69, 9.17) is 17.0 Å². The van der Waals surface area contributed by atoms with Crippen LogP contribution in [0.1, 0.15) is 35.7 Å². The number of unbranched alkanes of at least 4 members (excludes halogenated alkanes) is 1. The maximum Gasteiger partial charge on any atom is 0.269 e. The molecule has 7 heteroatoms. The number of hydrogen-bond acceptors (Lipinski definition) is 3. The molecular weight excluding hydrogens is 353 g/mol. The van der Waals surface area contributed by atoms with E-state index < -0.39 is 0 Å². The molecule has 0 aromatic heterocycles. The van der Waals surface area contributed by atoms with Crippen molar-refractivity contribution in [3.05, 3.63) is 65.5 Å². The first-order chi connectivity index (χ1) is 12.6. The Labute approximate surface area is 157 Å². The Bertz CT molecular complexity index is 721. The van der Waals surface area contributed by atoms with Crippen LogP contribution in [0.25, 0.3) is 0 Å². The molecule has 0 unspecified atom stereocenters. The van der Waals surface area contributed by atoms with Gasteiger partial charge in [-0.1, -0.05) is 25.5 Å². The molecule has 2 aromatic carbocycles. The monoisotopic (exact) mass is 375 g/mol. The molecule has 26 heavy (non-hydrogen) atoms. The molecule has 0 radical (unpaired) electrons. The highest BCUT2D eigenvalue weighted by molar-refractivity contribution is 7.80. The minimum atomic E-state index is -0.309. The smallest absolute Gasteiger partial charge is 0.269 e. The lowest BCUT2D eigenvalue weighted by Gasteiger charge is -2.12. The van der Waals surface area contributed by atoms with E-state index in [1.807, 2.05) is 0 Å². The zero-order valence-corrected chi connectivity index (χ0v) is 15.4. The molecule has 0 saturated heterocycles. The summed E-state index contributed by atoms with van der Waals surface area (Å²) in [4.78, 5) is 12.1. The van der Waals surface area contributed by atoms with Crippen molar-refractivity contribution in [1.82, 2.24) is 16.2 Å². The lowest BCUT2D eigenvalue weighted by atomic mass is 10.2. The van der Waals surface area contributed by atoms with Crippen LogP contribution in [-0.2, 0) is 6.54 Å². The highest BCUT2D eigenvalue weighted by Crippen LogP contribution is 2.12. The summed E-state index contributed by atoms with van der Waals surface area (Å²) in [5.41, 5.74) is 6.52. The van der Waals surface area contributed by atoms with Gasteiger partial charge in [-0.15, -0.1) is 0 Å². The van der Waals surface area contributed by atoms with Crippen LogP contribution in [0, 0.1) is 5.82 Å². The van der Waals surface area contributed by atoms with Crippen molar-refractivity contribution < 1.29 is 13.9 Å². The molecule has 0 saturated carbocycles. The van der Waals surface area contributed by atoms with Gasteiger partial charge in [-0.3, -0.25) is 15.6 Å². The van der Waals surface area contributed by atoms with Crippen LogP contribution in [0.5, 0.6) is 5.75 Å². The van der Waals surface area contributed by atoms with Crippen LogP contribution in [-0.4, -0.2) is 17.6 Å². The van der Waals surface area contributed by atoms with E-state index in [1.165, 1.54) is 12.1 Å². The van der Waals surface area contributed by atoms with E-state index in [9.17, 15) is 9.18 Å². The van der Waals surface area contributed by atoms with Gasteiger partial charge in [0.15, 0.2) is 5.11 Å². The number of rotatable bonds is 7. The molecule has 0 heterocycles. The van der Waals surface area contributed by atoms with Gasteiger partial charge in [0.25, 0.3) is 5.91 Å².